The van der Waals surface area contributed by atoms with Gasteiger partial charge in [0, 0.05) is 6.42 Å². The number of amides is 1. The molecule has 12 atom stereocenters. The number of unbranched alkanes of at least 4 members (excludes halogenated alkanes) is 37. The van der Waals surface area contributed by atoms with Crippen molar-refractivity contribution in [3.8, 4) is 0 Å². The van der Waals surface area contributed by atoms with E-state index in [1.54, 1.807) is 6.08 Å². The highest BCUT2D eigenvalue weighted by Crippen LogP contribution is 2.30. The van der Waals surface area contributed by atoms with Crippen LogP contribution in [-0.4, -0.2) is 140 Å². The molecule has 9 N–H and O–H groups in total. The summed E-state index contributed by atoms with van der Waals surface area (Å²) in [7, 11) is 0. The Balaban J connectivity index is 1.68. The number of carbonyl (C=O) groups excluding carboxylic acids is 1. The number of carbonyl (C=O) groups is 1. The molecular weight excluding hydrogens is 1010 g/mol. The lowest BCUT2D eigenvalue weighted by Gasteiger charge is -2.46. The van der Waals surface area contributed by atoms with Crippen molar-refractivity contribution in [2.24, 2.45) is 0 Å². The number of aliphatic hydroxyl groups is 8. The van der Waals surface area contributed by atoms with Gasteiger partial charge in [-0.1, -0.05) is 262 Å². The monoisotopic (exact) mass is 1140 g/mol. The third-order valence-corrected chi connectivity index (χ3v) is 16.3. The molecule has 2 rings (SSSR count). The normalized spacial score (nSPS) is 24.4. The van der Waals surface area contributed by atoms with Gasteiger partial charge in [-0.05, 0) is 51.4 Å². The van der Waals surface area contributed by atoms with Gasteiger partial charge >= 0.3 is 0 Å². The van der Waals surface area contributed by atoms with Gasteiger partial charge in [0.1, 0.15) is 48.8 Å². The lowest BCUT2D eigenvalue weighted by atomic mass is 9.97. The van der Waals surface area contributed by atoms with Crippen molar-refractivity contribution in [1.82, 2.24) is 5.32 Å². The molecular formula is C66H123NO13. The number of allylic oxidation sites excluding steroid dienone is 5. The van der Waals surface area contributed by atoms with Gasteiger partial charge in [0.05, 0.1) is 32.0 Å². The first-order valence-electron chi connectivity index (χ1n) is 33.2. The smallest absolute Gasteiger partial charge is 0.220 e. The molecule has 2 fully saturated rings. The lowest BCUT2D eigenvalue weighted by molar-refractivity contribution is -0.359. The molecule has 0 aromatic carbocycles. The lowest BCUT2D eigenvalue weighted by Crippen LogP contribution is -2.65. The molecule has 0 aromatic rings. The highest BCUT2D eigenvalue weighted by molar-refractivity contribution is 5.76. The van der Waals surface area contributed by atoms with Crippen molar-refractivity contribution in [3.05, 3.63) is 36.5 Å². The zero-order chi connectivity index (χ0) is 58.1. The Morgan fingerprint density at radius 3 is 1.26 bits per heavy atom. The summed E-state index contributed by atoms with van der Waals surface area (Å²) in [6, 6.07) is -0.922. The number of hydrogen-bond acceptors (Lipinski definition) is 13. The summed E-state index contributed by atoms with van der Waals surface area (Å²) >= 11 is 0. The Hall–Kier alpha value is -1.79. The number of hydrogen-bond donors (Lipinski definition) is 9. The summed E-state index contributed by atoms with van der Waals surface area (Å²) in [5.74, 6) is -0.250. The second-order valence-electron chi connectivity index (χ2n) is 23.6. The van der Waals surface area contributed by atoms with Crippen molar-refractivity contribution in [2.75, 3.05) is 19.8 Å². The minimum atomic E-state index is -1.79. The van der Waals surface area contributed by atoms with Gasteiger partial charge in [-0.3, -0.25) is 4.79 Å². The van der Waals surface area contributed by atoms with Crippen molar-refractivity contribution in [3.63, 3.8) is 0 Å². The first kappa shape index (κ1) is 74.3. The Morgan fingerprint density at radius 2 is 0.825 bits per heavy atom. The summed E-state index contributed by atoms with van der Waals surface area (Å²) in [6.07, 6.45) is 47.7. The molecule has 0 spiro atoms. The third-order valence-electron chi connectivity index (χ3n) is 16.3. The summed E-state index contributed by atoms with van der Waals surface area (Å²) in [6.45, 7) is 2.80. The van der Waals surface area contributed by atoms with E-state index in [1.165, 1.54) is 193 Å². The van der Waals surface area contributed by atoms with E-state index in [4.69, 9.17) is 18.9 Å². The maximum atomic E-state index is 13.3. The number of aliphatic hydroxyl groups excluding tert-OH is 8. The molecule has 12 unspecified atom stereocenters. The molecule has 14 nitrogen and oxygen atoms in total. The number of rotatable bonds is 54. The standard InChI is InChI=1S/C66H123NO13/c1-3-5-7-9-11-13-15-17-19-21-22-23-24-25-26-27-28-29-30-31-32-33-34-35-37-39-41-43-45-47-49-55(70)54(67-58(71)50-48-46-44-42-40-38-36-20-18-16-14-12-10-8-6-4-2)53-77-65-63(76)61(74)64(57(52-69)79-65)80-66-62(75)60(73)59(72)56(51-68)78-66/h14,16,20,36,47,49,54-57,59-66,68-70,72-76H,3-13,15,17-19,21-35,37-46,48,50-53H2,1-2H3,(H,67,71)/b16-14-,36-20-,49-47+. The fourth-order valence-corrected chi connectivity index (χ4v) is 11.0. The zero-order valence-corrected chi connectivity index (χ0v) is 50.8. The van der Waals surface area contributed by atoms with E-state index in [9.17, 15) is 45.6 Å². The predicted molar refractivity (Wildman–Crippen MR) is 323 cm³/mol. The SMILES string of the molecule is CCCCCC/C=C\C/C=C\CCCCCCCC(=O)NC(COC1OC(CO)C(OC2OC(CO)C(O)C(O)C2O)C(O)C1O)C(O)/C=C/CCCCCCCCCCCCCCCCCCCCCCCCCCCCCC. The first-order valence-corrected chi connectivity index (χ1v) is 33.2. The van der Waals surface area contributed by atoms with Crippen molar-refractivity contribution < 1.29 is 64.6 Å². The van der Waals surface area contributed by atoms with E-state index in [0.717, 1.165) is 64.2 Å². The van der Waals surface area contributed by atoms with Crippen LogP contribution in [0.4, 0.5) is 0 Å². The number of nitrogens with one attached hydrogen (secondary N) is 1. The maximum Gasteiger partial charge on any atom is 0.220 e. The van der Waals surface area contributed by atoms with Crippen LogP contribution in [0, 0.1) is 0 Å². The molecule has 1 amide bonds. The van der Waals surface area contributed by atoms with Gasteiger partial charge < -0.3 is 65.1 Å². The van der Waals surface area contributed by atoms with E-state index < -0.39 is 86.8 Å². The van der Waals surface area contributed by atoms with Crippen LogP contribution in [0.25, 0.3) is 0 Å². The molecule has 14 heteroatoms. The van der Waals surface area contributed by atoms with Crippen LogP contribution in [0.15, 0.2) is 36.5 Å². The third kappa shape index (κ3) is 36.1. The van der Waals surface area contributed by atoms with Gasteiger partial charge in [-0.15, -0.1) is 0 Å². The summed E-state index contributed by atoms with van der Waals surface area (Å²) in [5, 5.41) is 87.2. The van der Waals surface area contributed by atoms with E-state index >= 15 is 0 Å². The Labute approximate surface area is 487 Å². The first-order chi connectivity index (χ1) is 39.1. The van der Waals surface area contributed by atoms with Gasteiger partial charge in [0.2, 0.25) is 5.91 Å². The fourth-order valence-electron chi connectivity index (χ4n) is 11.0. The van der Waals surface area contributed by atoms with E-state index in [0.29, 0.717) is 6.42 Å². The van der Waals surface area contributed by atoms with Crippen LogP contribution < -0.4 is 5.32 Å². The molecule has 2 saturated heterocycles. The summed E-state index contributed by atoms with van der Waals surface area (Å²) in [5.41, 5.74) is 0. The molecule has 0 radical (unpaired) electrons. The highest BCUT2D eigenvalue weighted by Gasteiger charge is 2.51. The van der Waals surface area contributed by atoms with Crippen molar-refractivity contribution >= 4 is 5.91 Å². The van der Waals surface area contributed by atoms with Crippen molar-refractivity contribution in [1.29, 1.82) is 0 Å². The molecule has 2 aliphatic rings. The molecule has 0 saturated carbocycles. The van der Waals surface area contributed by atoms with Crippen molar-refractivity contribution in [2.45, 2.75) is 357 Å². The molecule has 0 aliphatic carbocycles. The minimum Gasteiger partial charge on any atom is -0.394 e. The topological polar surface area (TPSA) is 228 Å². The van der Waals surface area contributed by atoms with Crippen LogP contribution in [0.3, 0.4) is 0 Å². The van der Waals surface area contributed by atoms with Crippen LogP contribution in [0.5, 0.6) is 0 Å². The zero-order valence-electron chi connectivity index (χ0n) is 50.8. The molecule has 0 aromatic heterocycles. The number of ether oxygens (including phenoxy) is 4. The van der Waals surface area contributed by atoms with Gasteiger partial charge in [-0.2, -0.15) is 0 Å². The van der Waals surface area contributed by atoms with Crippen LogP contribution in [0.2, 0.25) is 0 Å². The van der Waals surface area contributed by atoms with E-state index in [2.05, 4.69) is 43.5 Å². The minimum absolute atomic E-state index is 0.250. The maximum absolute atomic E-state index is 13.3. The van der Waals surface area contributed by atoms with Gasteiger partial charge in [0.15, 0.2) is 12.6 Å². The average molecular weight is 1140 g/mol. The second kappa shape index (κ2) is 51.6. The Morgan fingerprint density at radius 1 is 0.450 bits per heavy atom. The van der Waals surface area contributed by atoms with Crippen LogP contribution >= 0.6 is 0 Å². The molecule has 2 heterocycles. The second-order valence-corrected chi connectivity index (χ2v) is 23.6. The Kier molecular flexibility index (Phi) is 47.9. The average Bonchev–Trinajstić information content (AvgIpc) is 3.46. The Bertz CT molecular complexity index is 1480. The fraction of sp³-hybridized carbons (Fsp3) is 0.894. The largest absolute Gasteiger partial charge is 0.394 e. The molecule has 0 bridgehead atoms. The molecule has 470 valence electrons. The van der Waals surface area contributed by atoms with Gasteiger partial charge in [0.25, 0.3) is 0 Å². The van der Waals surface area contributed by atoms with Crippen LogP contribution in [0.1, 0.15) is 284 Å². The van der Waals surface area contributed by atoms with E-state index in [1.807, 2.05) is 6.08 Å². The summed E-state index contributed by atoms with van der Waals surface area (Å²) < 4.78 is 22.8. The predicted octanol–water partition coefficient (Wildman–Crippen LogP) is 12.6. The quantitative estimate of drug-likeness (QED) is 0.0204. The highest BCUT2D eigenvalue weighted by atomic mass is 16.7. The molecule has 2 aliphatic heterocycles. The summed E-state index contributed by atoms with van der Waals surface area (Å²) in [4.78, 5) is 13.3. The van der Waals surface area contributed by atoms with Gasteiger partial charge in [-0.25, -0.2) is 0 Å². The van der Waals surface area contributed by atoms with Crippen LogP contribution in [-0.2, 0) is 23.7 Å². The van der Waals surface area contributed by atoms with E-state index in [-0.39, 0.29) is 18.9 Å². The molecule has 80 heavy (non-hydrogen) atoms.